The van der Waals surface area contributed by atoms with E-state index in [0.717, 1.165) is 43.5 Å². The van der Waals surface area contributed by atoms with Gasteiger partial charge in [0, 0.05) is 51.5 Å². The number of rotatable bonds is 12. The van der Waals surface area contributed by atoms with Crippen LogP contribution in [0.1, 0.15) is 36.8 Å². The van der Waals surface area contributed by atoms with Crippen LogP contribution in [0.15, 0.2) is 53.8 Å². The second-order valence-electron chi connectivity index (χ2n) is 8.40. The first-order valence-corrected chi connectivity index (χ1v) is 11.9. The summed E-state index contributed by atoms with van der Waals surface area (Å²) < 4.78 is 10.7. The number of pyridine rings is 1. The molecule has 9 nitrogen and oxygen atoms in total. The zero-order chi connectivity index (χ0) is 24.9. The van der Waals surface area contributed by atoms with E-state index >= 15 is 0 Å². The normalized spacial score (nSPS) is 13.9. The number of hydrogen-bond acceptors (Lipinski definition) is 7. The first-order chi connectivity index (χ1) is 17.1. The summed E-state index contributed by atoms with van der Waals surface area (Å²) in [5.41, 5.74) is 2.50. The number of aromatic nitrogens is 1. The largest absolute Gasteiger partial charge is 0.468 e. The van der Waals surface area contributed by atoms with Gasteiger partial charge in [-0.05, 0) is 30.9 Å². The van der Waals surface area contributed by atoms with Crippen LogP contribution in [-0.4, -0.2) is 79.3 Å². The number of oxime groups is 1. The summed E-state index contributed by atoms with van der Waals surface area (Å²) >= 11 is 0. The van der Waals surface area contributed by atoms with E-state index in [9.17, 15) is 9.59 Å². The molecule has 35 heavy (non-hydrogen) atoms. The van der Waals surface area contributed by atoms with Crippen molar-refractivity contribution in [3.8, 4) is 5.88 Å². The maximum Gasteiger partial charge on any atom is 0.260 e. The Labute approximate surface area is 206 Å². The number of benzene rings is 1. The smallest absolute Gasteiger partial charge is 0.260 e. The lowest BCUT2D eigenvalue weighted by Crippen LogP contribution is -2.44. The van der Waals surface area contributed by atoms with Gasteiger partial charge in [0.05, 0.1) is 18.9 Å². The topological polar surface area (TPSA) is 93.6 Å². The van der Waals surface area contributed by atoms with Crippen LogP contribution in [0.25, 0.3) is 0 Å². The van der Waals surface area contributed by atoms with Crippen molar-refractivity contribution in [2.45, 2.75) is 32.3 Å². The summed E-state index contributed by atoms with van der Waals surface area (Å²) in [6.45, 7) is 2.24. The Morgan fingerprint density at radius 2 is 1.86 bits per heavy atom. The fraction of sp³-hybridized carbons (Fsp3) is 0.462. The molecule has 0 spiro atoms. The van der Waals surface area contributed by atoms with Gasteiger partial charge >= 0.3 is 0 Å². The molecule has 0 aliphatic carbocycles. The zero-order valence-corrected chi connectivity index (χ0v) is 20.5. The van der Waals surface area contributed by atoms with E-state index in [1.165, 1.54) is 4.90 Å². The molecule has 0 unspecified atom stereocenters. The molecular weight excluding hydrogens is 448 g/mol. The number of likely N-dealkylation sites (tertiary alicyclic amines) is 1. The minimum Gasteiger partial charge on any atom is -0.468 e. The molecule has 0 atom stereocenters. The number of ether oxygens (including phenoxy) is 2. The Hall–Kier alpha value is -3.46. The number of amides is 2. The van der Waals surface area contributed by atoms with Crippen LogP contribution in [0.4, 0.5) is 0 Å². The van der Waals surface area contributed by atoms with Gasteiger partial charge in [-0.1, -0.05) is 35.5 Å². The molecule has 0 radical (unpaired) electrons. The predicted molar refractivity (Wildman–Crippen MR) is 132 cm³/mol. The van der Waals surface area contributed by atoms with E-state index < -0.39 is 0 Å². The molecule has 2 amide bonds. The Bertz CT molecular complexity index is 959. The number of piperidine rings is 1. The molecule has 1 aliphatic rings. The van der Waals surface area contributed by atoms with Gasteiger partial charge in [-0.2, -0.15) is 0 Å². The van der Waals surface area contributed by atoms with Crippen molar-refractivity contribution in [1.29, 1.82) is 0 Å². The van der Waals surface area contributed by atoms with Crippen molar-refractivity contribution in [2.24, 2.45) is 5.16 Å². The van der Waals surface area contributed by atoms with E-state index in [2.05, 4.69) is 10.1 Å². The molecule has 1 saturated heterocycles. The summed E-state index contributed by atoms with van der Waals surface area (Å²) in [7, 11) is 3.24. The Balaban J connectivity index is 1.50. The standard InChI is InChI=1S/C26H34N4O5/c1-29(18-25(31)30-14-7-4-8-15-30)26(32)20-34-24-12-11-22(17-27-24)23(13-16-33-2)28-35-19-21-9-5-3-6-10-21/h3,5-6,9-12,17H,4,7-8,13-16,18-20H2,1-2H3. The second-order valence-corrected chi connectivity index (χ2v) is 8.40. The highest BCUT2D eigenvalue weighted by atomic mass is 16.6. The van der Waals surface area contributed by atoms with Gasteiger partial charge in [0.25, 0.3) is 5.91 Å². The molecule has 1 aliphatic heterocycles. The quantitative estimate of drug-likeness (QED) is 0.341. The molecule has 1 aromatic carbocycles. The van der Waals surface area contributed by atoms with Gasteiger partial charge in [0.2, 0.25) is 11.8 Å². The van der Waals surface area contributed by atoms with E-state index in [1.54, 1.807) is 26.4 Å². The van der Waals surface area contributed by atoms with Crippen molar-refractivity contribution in [1.82, 2.24) is 14.8 Å². The fourth-order valence-electron chi connectivity index (χ4n) is 3.62. The maximum atomic E-state index is 12.4. The van der Waals surface area contributed by atoms with Crippen molar-refractivity contribution >= 4 is 17.5 Å². The third kappa shape index (κ3) is 8.68. The number of carbonyl (C=O) groups is 2. The SMILES string of the molecule is COCCC(=NOCc1ccccc1)c1ccc(OCC(=O)N(C)CC(=O)N2CCCCC2)nc1. The van der Waals surface area contributed by atoms with E-state index in [0.29, 0.717) is 31.2 Å². The highest BCUT2D eigenvalue weighted by Gasteiger charge is 2.20. The predicted octanol–water partition coefficient (Wildman–Crippen LogP) is 2.89. The Kier molecular flexibility index (Phi) is 10.5. The lowest BCUT2D eigenvalue weighted by Gasteiger charge is -2.28. The summed E-state index contributed by atoms with van der Waals surface area (Å²) in [6, 6.07) is 13.3. The van der Waals surface area contributed by atoms with E-state index in [1.807, 2.05) is 41.3 Å². The molecule has 1 aromatic heterocycles. The minimum absolute atomic E-state index is 0.0274. The van der Waals surface area contributed by atoms with Crippen LogP contribution < -0.4 is 4.74 Å². The Morgan fingerprint density at radius 3 is 2.54 bits per heavy atom. The van der Waals surface area contributed by atoms with Crippen LogP contribution >= 0.6 is 0 Å². The van der Waals surface area contributed by atoms with Crippen LogP contribution in [0.5, 0.6) is 5.88 Å². The number of carbonyl (C=O) groups excluding carboxylic acids is 2. The molecule has 2 heterocycles. The maximum absolute atomic E-state index is 12.4. The lowest BCUT2D eigenvalue weighted by atomic mass is 10.1. The summed E-state index contributed by atoms with van der Waals surface area (Å²) in [4.78, 5) is 37.8. The van der Waals surface area contributed by atoms with Crippen LogP contribution in [0, 0.1) is 0 Å². The first-order valence-electron chi connectivity index (χ1n) is 11.9. The van der Waals surface area contributed by atoms with E-state index in [4.69, 9.17) is 14.3 Å². The van der Waals surface area contributed by atoms with Crippen molar-refractivity contribution in [3.05, 3.63) is 59.8 Å². The van der Waals surface area contributed by atoms with Crippen molar-refractivity contribution in [3.63, 3.8) is 0 Å². The van der Waals surface area contributed by atoms with E-state index in [-0.39, 0.29) is 25.0 Å². The van der Waals surface area contributed by atoms with Crippen LogP contribution in [0.3, 0.4) is 0 Å². The highest BCUT2D eigenvalue weighted by Crippen LogP contribution is 2.12. The van der Waals surface area contributed by atoms with Gasteiger partial charge in [-0.15, -0.1) is 0 Å². The van der Waals surface area contributed by atoms with Crippen molar-refractivity contribution in [2.75, 3.05) is 47.0 Å². The van der Waals surface area contributed by atoms with Gasteiger partial charge in [-0.3, -0.25) is 9.59 Å². The van der Waals surface area contributed by atoms with Crippen LogP contribution in [0.2, 0.25) is 0 Å². The average Bonchev–Trinajstić information content (AvgIpc) is 2.90. The minimum atomic E-state index is -0.280. The third-order valence-corrected chi connectivity index (χ3v) is 5.71. The molecule has 9 heteroatoms. The summed E-state index contributed by atoms with van der Waals surface area (Å²) in [5, 5.41) is 4.28. The lowest BCUT2D eigenvalue weighted by molar-refractivity contribution is -0.141. The fourth-order valence-corrected chi connectivity index (χ4v) is 3.62. The molecule has 2 aromatic rings. The van der Waals surface area contributed by atoms with Gasteiger partial charge in [0.1, 0.15) is 6.61 Å². The highest BCUT2D eigenvalue weighted by molar-refractivity contribution is 6.00. The number of likely N-dealkylation sites (N-methyl/N-ethyl adjacent to an activating group) is 1. The Morgan fingerprint density at radius 1 is 1.09 bits per heavy atom. The van der Waals surface area contributed by atoms with Gasteiger partial charge in [-0.25, -0.2) is 4.98 Å². The average molecular weight is 483 g/mol. The van der Waals surface area contributed by atoms with Crippen LogP contribution in [-0.2, 0) is 25.8 Å². The molecule has 0 saturated carbocycles. The molecule has 188 valence electrons. The molecule has 3 rings (SSSR count). The molecular formula is C26H34N4O5. The van der Waals surface area contributed by atoms with Gasteiger partial charge < -0.3 is 24.1 Å². The number of hydrogen-bond donors (Lipinski definition) is 0. The molecule has 0 N–H and O–H groups in total. The first kappa shape index (κ1) is 26.2. The van der Waals surface area contributed by atoms with Crippen molar-refractivity contribution < 1.29 is 23.9 Å². The second kappa shape index (κ2) is 14.1. The monoisotopic (exact) mass is 482 g/mol. The zero-order valence-electron chi connectivity index (χ0n) is 20.5. The summed E-state index contributed by atoms with van der Waals surface area (Å²) in [6.07, 6.45) is 5.38. The molecule has 1 fully saturated rings. The third-order valence-electron chi connectivity index (χ3n) is 5.71. The van der Waals surface area contributed by atoms with Gasteiger partial charge in [0.15, 0.2) is 6.61 Å². The molecule has 0 bridgehead atoms. The number of methoxy groups -OCH3 is 1. The number of nitrogens with zero attached hydrogens (tertiary/aromatic N) is 4. The summed E-state index contributed by atoms with van der Waals surface area (Å²) in [5.74, 6) is 0.00688.